The Balaban J connectivity index is 1.62. The smallest absolute Gasteiger partial charge is 0.251 e. The van der Waals surface area contributed by atoms with Crippen molar-refractivity contribution in [2.24, 2.45) is 0 Å². The SMILES string of the molecule is Cc1nc2cccnc2n1-c1cccc(C(=O)NCc2ccccc2)c1. The fourth-order valence-corrected chi connectivity index (χ4v) is 3.00. The van der Waals surface area contributed by atoms with Crippen molar-refractivity contribution in [3.8, 4) is 5.69 Å². The molecule has 0 unspecified atom stereocenters. The summed E-state index contributed by atoms with van der Waals surface area (Å²) in [6.07, 6.45) is 1.75. The van der Waals surface area contributed by atoms with Crippen LogP contribution in [0.1, 0.15) is 21.7 Å². The first-order valence-electron chi connectivity index (χ1n) is 8.45. The molecule has 0 spiro atoms. The maximum Gasteiger partial charge on any atom is 0.251 e. The molecule has 0 saturated carbocycles. The van der Waals surface area contributed by atoms with Gasteiger partial charge in [0, 0.05) is 24.0 Å². The summed E-state index contributed by atoms with van der Waals surface area (Å²) in [7, 11) is 0. The average molecular weight is 342 g/mol. The Morgan fingerprint density at radius 3 is 2.73 bits per heavy atom. The minimum absolute atomic E-state index is 0.106. The number of benzene rings is 2. The number of carbonyl (C=O) groups is 1. The number of pyridine rings is 1. The number of hydrogen-bond donors (Lipinski definition) is 1. The molecule has 4 rings (SSSR count). The number of rotatable bonds is 4. The van der Waals surface area contributed by atoms with Crippen LogP contribution < -0.4 is 5.32 Å². The highest BCUT2D eigenvalue weighted by atomic mass is 16.1. The van der Waals surface area contributed by atoms with Crippen molar-refractivity contribution in [1.82, 2.24) is 19.9 Å². The van der Waals surface area contributed by atoms with E-state index in [0.717, 1.165) is 28.2 Å². The predicted octanol–water partition coefficient (Wildman–Crippen LogP) is 3.66. The number of aromatic nitrogens is 3. The highest BCUT2D eigenvalue weighted by molar-refractivity contribution is 5.94. The summed E-state index contributed by atoms with van der Waals surface area (Å²) >= 11 is 0. The topological polar surface area (TPSA) is 59.8 Å². The number of aryl methyl sites for hydroxylation is 1. The summed E-state index contributed by atoms with van der Waals surface area (Å²) in [6.45, 7) is 2.43. The van der Waals surface area contributed by atoms with Crippen LogP contribution in [0.15, 0.2) is 72.9 Å². The first-order chi connectivity index (χ1) is 12.7. The third-order valence-electron chi connectivity index (χ3n) is 4.25. The third-order valence-corrected chi connectivity index (χ3v) is 4.25. The molecule has 0 radical (unpaired) electrons. The summed E-state index contributed by atoms with van der Waals surface area (Å²) in [5.74, 6) is 0.728. The van der Waals surface area contributed by atoms with E-state index < -0.39 is 0 Å². The van der Waals surface area contributed by atoms with Gasteiger partial charge in [-0.05, 0) is 42.8 Å². The summed E-state index contributed by atoms with van der Waals surface area (Å²) in [5, 5.41) is 2.96. The van der Waals surface area contributed by atoms with Gasteiger partial charge in [-0.25, -0.2) is 9.97 Å². The van der Waals surface area contributed by atoms with E-state index in [-0.39, 0.29) is 5.91 Å². The maximum absolute atomic E-state index is 12.5. The molecule has 0 aliphatic heterocycles. The van der Waals surface area contributed by atoms with E-state index in [9.17, 15) is 4.79 Å². The van der Waals surface area contributed by atoms with Crippen molar-refractivity contribution in [1.29, 1.82) is 0 Å². The zero-order chi connectivity index (χ0) is 17.9. The Bertz CT molecular complexity index is 1070. The molecule has 0 saturated heterocycles. The first kappa shape index (κ1) is 16.0. The van der Waals surface area contributed by atoms with Gasteiger partial charge in [0.15, 0.2) is 5.65 Å². The fourth-order valence-electron chi connectivity index (χ4n) is 3.00. The van der Waals surface area contributed by atoms with Crippen LogP contribution in [-0.4, -0.2) is 20.4 Å². The number of nitrogens with zero attached hydrogens (tertiary/aromatic N) is 3. The third kappa shape index (κ3) is 3.07. The zero-order valence-corrected chi connectivity index (χ0v) is 14.4. The molecule has 5 heteroatoms. The van der Waals surface area contributed by atoms with Gasteiger partial charge in [0.25, 0.3) is 5.91 Å². The molecule has 0 aliphatic carbocycles. The second-order valence-corrected chi connectivity index (χ2v) is 6.06. The van der Waals surface area contributed by atoms with Gasteiger partial charge in [-0.3, -0.25) is 9.36 Å². The Labute approximate surface area is 151 Å². The fraction of sp³-hybridized carbons (Fsp3) is 0.0952. The Morgan fingerprint density at radius 1 is 1.04 bits per heavy atom. The van der Waals surface area contributed by atoms with Crippen LogP contribution in [0.5, 0.6) is 0 Å². The van der Waals surface area contributed by atoms with Crippen molar-refractivity contribution in [2.75, 3.05) is 0 Å². The van der Waals surface area contributed by atoms with Crippen molar-refractivity contribution in [3.63, 3.8) is 0 Å². The van der Waals surface area contributed by atoms with E-state index >= 15 is 0 Å². The molecule has 1 amide bonds. The lowest BCUT2D eigenvalue weighted by molar-refractivity contribution is 0.0951. The normalized spacial score (nSPS) is 10.8. The van der Waals surface area contributed by atoms with E-state index in [4.69, 9.17) is 0 Å². The van der Waals surface area contributed by atoms with E-state index in [1.165, 1.54) is 0 Å². The predicted molar refractivity (Wildman–Crippen MR) is 101 cm³/mol. The van der Waals surface area contributed by atoms with E-state index in [1.807, 2.05) is 78.2 Å². The number of amides is 1. The lowest BCUT2D eigenvalue weighted by Gasteiger charge is -2.09. The van der Waals surface area contributed by atoms with E-state index in [0.29, 0.717) is 12.1 Å². The molecule has 2 heterocycles. The largest absolute Gasteiger partial charge is 0.348 e. The molecule has 0 bridgehead atoms. The molecule has 2 aromatic heterocycles. The lowest BCUT2D eigenvalue weighted by Crippen LogP contribution is -2.22. The van der Waals surface area contributed by atoms with Crippen molar-refractivity contribution in [3.05, 3.63) is 89.9 Å². The van der Waals surface area contributed by atoms with Crippen LogP contribution in [0.4, 0.5) is 0 Å². The first-order valence-corrected chi connectivity index (χ1v) is 8.45. The monoisotopic (exact) mass is 342 g/mol. The molecule has 4 aromatic rings. The summed E-state index contributed by atoms with van der Waals surface area (Å²) in [5.41, 5.74) is 4.17. The maximum atomic E-state index is 12.5. The highest BCUT2D eigenvalue weighted by Gasteiger charge is 2.12. The van der Waals surface area contributed by atoms with Crippen molar-refractivity contribution >= 4 is 17.1 Å². The molecule has 128 valence electrons. The molecule has 5 nitrogen and oxygen atoms in total. The summed E-state index contributed by atoms with van der Waals surface area (Å²) < 4.78 is 1.96. The number of hydrogen-bond acceptors (Lipinski definition) is 3. The number of imidazole rings is 1. The molecule has 2 aromatic carbocycles. The molecular weight excluding hydrogens is 324 g/mol. The molecular formula is C21H18N4O. The van der Waals surface area contributed by atoms with Crippen LogP contribution in [0, 0.1) is 6.92 Å². The Morgan fingerprint density at radius 2 is 1.88 bits per heavy atom. The van der Waals surface area contributed by atoms with Crippen molar-refractivity contribution in [2.45, 2.75) is 13.5 Å². The van der Waals surface area contributed by atoms with E-state index in [2.05, 4.69) is 15.3 Å². The van der Waals surface area contributed by atoms with Gasteiger partial charge in [-0.2, -0.15) is 0 Å². The van der Waals surface area contributed by atoms with Gasteiger partial charge in [-0.15, -0.1) is 0 Å². The standard InChI is InChI=1S/C21H18N4O/c1-15-24-19-11-6-12-22-20(19)25(15)18-10-5-9-17(13-18)21(26)23-14-16-7-3-2-4-8-16/h2-13H,14H2,1H3,(H,23,26). The van der Waals surface area contributed by atoms with Crippen LogP contribution in [0.25, 0.3) is 16.9 Å². The average Bonchev–Trinajstić information content (AvgIpc) is 3.02. The second kappa shape index (κ2) is 6.80. The number of carbonyl (C=O) groups excluding carboxylic acids is 1. The number of nitrogens with one attached hydrogen (secondary N) is 1. The van der Waals surface area contributed by atoms with E-state index in [1.54, 1.807) is 6.20 Å². The number of fused-ring (bicyclic) bond motifs is 1. The van der Waals surface area contributed by atoms with Gasteiger partial charge >= 0.3 is 0 Å². The second-order valence-electron chi connectivity index (χ2n) is 6.06. The molecule has 1 N–H and O–H groups in total. The molecule has 0 atom stereocenters. The minimum atomic E-state index is -0.106. The van der Waals surface area contributed by atoms with Gasteiger partial charge in [0.05, 0.1) is 0 Å². The quantitative estimate of drug-likeness (QED) is 0.616. The lowest BCUT2D eigenvalue weighted by atomic mass is 10.1. The molecule has 0 fully saturated rings. The van der Waals surface area contributed by atoms with Crippen LogP contribution in [0.3, 0.4) is 0 Å². The van der Waals surface area contributed by atoms with Gasteiger partial charge in [0.2, 0.25) is 0 Å². The van der Waals surface area contributed by atoms with Crippen LogP contribution >= 0.6 is 0 Å². The van der Waals surface area contributed by atoms with Crippen molar-refractivity contribution < 1.29 is 4.79 Å². The summed E-state index contributed by atoms with van der Waals surface area (Å²) in [6, 6.07) is 21.2. The van der Waals surface area contributed by atoms with Gasteiger partial charge < -0.3 is 5.32 Å². The highest BCUT2D eigenvalue weighted by Crippen LogP contribution is 2.20. The van der Waals surface area contributed by atoms with Gasteiger partial charge in [-0.1, -0.05) is 36.4 Å². The molecule has 0 aliphatic rings. The Hall–Kier alpha value is -3.47. The minimum Gasteiger partial charge on any atom is -0.348 e. The van der Waals surface area contributed by atoms with Gasteiger partial charge in [0.1, 0.15) is 11.3 Å². The van der Waals surface area contributed by atoms with Crippen LogP contribution in [-0.2, 0) is 6.54 Å². The van der Waals surface area contributed by atoms with Crippen LogP contribution in [0.2, 0.25) is 0 Å². The zero-order valence-electron chi connectivity index (χ0n) is 14.4. The Kier molecular flexibility index (Phi) is 4.19. The molecule has 26 heavy (non-hydrogen) atoms. The summed E-state index contributed by atoms with van der Waals surface area (Å²) in [4.78, 5) is 21.5.